The minimum Gasteiger partial charge on any atom is -0.508 e. The third kappa shape index (κ3) is 6.16. The molecule has 0 unspecified atom stereocenters. The average Bonchev–Trinajstić information content (AvgIpc) is 2.77. The number of nitriles is 1. The second kappa shape index (κ2) is 10.7. The van der Waals surface area contributed by atoms with Crippen molar-refractivity contribution in [1.29, 1.82) is 5.26 Å². The molecule has 6 heteroatoms. The standard InChI is InChI=1S/C24H21N3O2S/c25-16-19(24(29)26-15-14-18-10-12-20(28)13-11-18)17-27-22-8-4-5-9-23(22)30-21-6-2-1-3-7-21/h1-13,17,27-28H,14-15H2,(H,26,29)/b19-17-. The van der Waals surface area contributed by atoms with Gasteiger partial charge in [0.25, 0.3) is 5.91 Å². The van der Waals surface area contributed by atoms with Gasteiger partial charge in [0.2, 0.25) is 0 Å². The Bertz CT molecular complexity index is 1060. The number of nitrogens with one attached hydrogen (secondary N) is 2. The van der Waals surface area contributed by atoms with Crippen LogP contribution in [-0.4, -0.2) is 17.6 Å². The van der Waals surface area contributed by atoms with E-state index in [1.54, 1.807) is 36.0 Å². The molecular formula is C24H21N3O2S. The zero-order chi connectivity index (χ0) is 21.2. The molecule has 3 N–H and O–H groups in total. The number of benzene rings is 3. The summed E-state index contributed by atoms with van der Waals surface area (Å²) in [5.41, 5.74) is 1.80. The fourth-order valence-electron chi connectivity index (χ4n) is 2.67. The molecule has 0 aromatic heterocycles. The van der Waals surface area contributed by atoms with Crippen molar-refractivity contribution in [2.45, 2.75) is 16.2 Å². The minimum atomic E-state index is -0.433. The molecule has 0 bridgehead atoms. The first kappa shape index (κ1) is 21.0. The van der Waals surface area contributed by atoms with E-state index in [1.165, 1.54) is 6.20 Å². The Balaban J connectivity index is 1.60. The van der Waals surface area contributed by atoms with Gasteiger partial charge in [-0.3, -0.25) is 4.79 Å². The van der Waals surface area contributed by atoms with E-state index in [0.717, 1.165) is 21.0 Å². The van der Waals surface area contributed by atoms with Crippen LogP contribution >= 0.6 is 11.8 Å². The van der Waals surface area contributed by atoms with Crippen molar-refractivity contribution < 1.29 is 9.90 Å². The van der Waals surface area contributed by atoms with Gasteiger partial charge in [0.05, 0.1) is 5.69 Å². The molecule has 0 atom stereocenters. The Morgan fingerprint density at radius 1 is 1.00 bits per heavy atom. The van der Waals surface area contributed by atoms with Crippen LogP contribution in [-0.2, 0) is 11.2 Å². The van der Waals surface area contributed by atoms with Crippen molar-refractivity contribution in [3.63, 3.8) is 0 Å². The SMILES string of the molecule is N#C/C(=C/Nc1ccccc1Sc1ccccc1)C(=O)NCCc1ccc(O)cc1. The molecule has 0 fully saturated rings. The van der Waals surface area contributed by atoms with Gasteiger partial charge in [-0.25, -0.2) is 0 Å². The second-order valence-electron chi connectivity index (χ2n) is 6.40. The fourth-order valence-corrected chi connectivity index (χ4v) is 3.60. The number of nitrogens with zero attached hydrogens (tertiary/aromatic N) is 1. The molecule has 0 spiro atoms. The Hall–Kier alpha value is -3.69. The van der Waals surface area contributed by atoms with Crippen LogP contribution in [0.25, 0.3) is 0 Å². The predicted octanol–water partition coefficient (Wildman–Crippen LogP) is 4.72. The highest BCUT2D eigenvalue weighted by molar-refractivity contribution is 7.99. The van der Waals surface area contributed by atoms with Gasteiger partial charge in [-0.1, -0.05) is 54.2 Å². The molecule has 0 aliphatic carbocycles. The number of para-hydroxylation sites is 1. The van der Waals surface area contributed by atoms with Crippen LogP contribution in [0.2, 0.25) is 0 Å². The summed E-state index contributed by atoms with van der Waals surface area (Å²) < 4.78 is 0. The fraction of sp³-hybridized carbons (Fsp3) is 0.0833. The van der Waals surface area contributed by atoms with E-state index in [4.69, 9.17) is 0 Å². The number of anilines is 1. The minimum absolute atomic E-state index is 0.000204. The van der Waals surface area contributed by atoms with Gasteiger partial charge in [-0.15, -0.1) is 0 Å². The van der Waals surface area contributed by atoms with Crippen LogP contribution in [0.5, 0.6) is 5.75 Å². The maximum absolute atomic E-state index is 12.3. The number of carbonyl (C=O) groups excluding carboxylic acids is 1. The van der Waals surface area contributed by atoms with E-state index >= 15 is 0 Å². The van der Waals surface area contributed by atoms with Crippen LogP contribution in [0.15, 0.2) is 100 Å². The summed E-state index contributed by atoms with van der Waals surface area (Å²) in [7, 11) is 0. The van der Waals surface area contributed by atoms with Crippen LogP contribution < -0.4 is 10.6 Å². The molecule has 1 amide bonds. The monoisotopic (exact) mass is 415 g/mol. The maximum atomic E-state index is 12.3. The molecule has 3 aromatic carbocycles. The molecule has 0 aliphatic heterocycles. The van der Waals surface area contributed by atoms with E-state index in [-0.39, 0.29) is 11.3 Å². The summed E-state index contributed by atoms with van der Waals surface area (Å²) in [5.74, 6) is -0.230. The normalized spacial score (nSPS) is 10.8. The maximum Gasteiger partial charge on any atom is 0.263 e. The Morgan fingerprint density at radius 3 is 2.43 bits per heavy atom. The number of aromatic hydroxyl groups is 1. The van der Waals surface area contributed by atoms with Crippen LogP contribution in [0.1, 0.15) is 5.56 Å². The summed E-state index contributed by atoms with van der Waals surface area (Å²) in [6.45, 7) is 0.392. The van der Waals surface area contributed by atoms with Crippen molar-refractivity contribution in [3.8, 4) is 11.8 Å². The molecular weight excluding hydrogens is 394 g/mol. The van der Waals surface area contributed by atoms with E-state index < -0.39 is 5.91 Å². The van der Waals surface area contributed by atoms with Gasteiger partial charge >= 0.3 is 0 Å². The van der Waals surface area contributed by atoms with E-state index in [2.05, 4.69) is 10.6 Å². The first-order valence-electron chi connectivity index (χ1n) is 9.40. The molecule has 0 heterocycles. The highest BCUT2D eigenvalue weighted by Crippen LogP contribution is 2.33. The molecule has 0 saturated carbocycles. The van der Waals surface area contributed by atoms with Gasteiger partial charge in [0.15, 0.2) is 0 Å². The summed E-state index contributed by atoms with van der Waals surface area (Å²) in [5, 5.41) is 24.5. The van der Waals surface area contributed by atoms with Gasteiger partial charge in [-0.05, 0) is 48.4 Å². The lowest BCUT2D eigenvalue weighted by Gasteiger charge is -2.10. The number of phenolic OH excluding ortho intramolecular Hbond substituents is 1. The number of rotatable bonds is 8. The number of phenols is 1. The van der Waals surface area contributed by atoms with Crippen molar-refractivity contribution >= 4 is 23.4 Å². The number of amides is 1. The smallest absolute Gasteiger partial charge is 0.263 e. The van der Waals surface area contributed by atoms with Crippen molar-refractivity contribution in [3.05, 3.63) is 96.2 Å². The molecule has 30 heavy (non-hydrogen) atoms. The number of hydrogen-bond donors (Lipinski definition) is 3. The molecule has 150 valence electrons. The van der Waals surface area contributed by atoms with E-state index in [9.17, 15) is 15.2 Å². The largest absolute Gasteiger partial charge is 0.508 e. The third-order valence-electron chi connectivity index (χ3n) is 4.23. The van der Waals surface area contributed by atoms with Gasteiger partial charge in [0, 0.05) is 22.5 Å². The summed E-state index contributed by atoms with van der Waals surface area (Å²) in [6.07, 6.45) is 2.04. The zero-order valence-corrected chi connectivity index (χ0v) is 17.0. The topological polar surface area (TPSA) is 85.2 Å². The number of hydrogen-bond acceptors (Lipinski definition) is 5. The van der Waals surface area contributed by atoms with Crippen LogP contribution in [0, 0.1) is 11.3 Å². The zero-order valence-electron chi connectivity index (χ0n) is 16.2. The highest BCUT2D eigenvalue weighted by atomic mass is 32.2. The Labute approximate surface area is 180 Å². The molecule has 0 radical (unpaired) electrons. The number of carbonyl (C=O) groups is 1. The second-order valence-corrected chi connectivity index (χ2v) is 7.51. The van der Waals surface area contributed by atoms with Crippen molar-refractivity contribution in [1.82, 2.24) is 5.32 Å². The third-order valence-corrected chi connectivity index (χ3v) is 5.31. The summed E-state index contributed by atoms with van der Waals surface area (Å²) >= 11 is 1.60. The highest BCUT2D eigenvalue weighted by Gasteiger charge is 2.09. The van der Waals surface area contributed by atoms with Crippen LogP contribution in [0.4, 0.5) is 5.69 Å². The lowest BCUT2D eigenvalue weighted by atomic mass is 10.1. The Morgan fingerprint density at radius 2 is 1.70 bits per heavy atom. The molecule has 0 aliphatic rings. The molecule has 3 rings (SSSR count). The van der Waals surface area contributed by atoms with Gasteiger partial charge in [0.1, 0.15) is 17.4 Å². The van der Waals surface area contributed by atoms with Crippen molar-refractivity contribution in [2.24, 2.45) is 0 Å². The molecule has 0 saturated heterocycles. The van der Waals surface area contributed by atoms with E-state index in [1.807, 2.05) is 60.7 Å². The van der Waals surface area contributed by atoms with E-state index in [0.29, 0.717) is 13.0 Å². The predicted molar refractivity (Wildman–Crippen MR) is 119 cm³/mol. The van der Waals surface area contributed by atoms with Crippen LogP contribution in [0.3, 0.4) is 0 Å². The lowest BCUT2D eigenvalue weighted by Crippen LogP contribution is -2.27. The first-order valence-corrected chi connectivity index (χ1v) is 10.2. The van der Waals surface area contributed by atoms with Gasteiger partial charge < -0.3 is 15.7 Å². The summed E-state index contributed by atoms with van der Waals surface area (Å²) in [4.78, 5) is 14.4. The first-order chi connectivity index (χ1) is 14.7. The van der Waals surface area contributed by atoms with Crippen molar-refractivity contribution in [2.75, 3.05) is 11.9 Å². The average molecular weight is 416 g/mol. The van der Waals surface area contributed by atoms with Gasteiger partial charge in [-0.2, -0.15) is 5.26 Å². The lowest BCUT2D eigenvalue weighted by molar-refractivity contribution is -0.117. The quantitative estimate of drug-likeness (QED) is 0.366. The molecule has 5 nitrogen and oxygen atoms in total. The Kier molecular flexibility index (Phi) is 7.53. The molecule has 3 aromatic rings. The summed E-state index contributed by atoms with van der Waals surface area (Å²) in [6, 6.07) is 26.5.